The van der Waals surface area contributed by atoms with Gasteiger partial charge in [0.05, 0.1) is 5.51 Å². The lowest BCUT2D eigenvalue weighted by Crippen LogP contribution is -2.55. The van der Waals surface area contributed by atoms with Gasteiger partial charge in [0, 0.05) is 31.4 Å². The number of piperazine rings is 1. The number of nitrogens with one attached hydrogen (secondary N) is 1. The van der Waals surface area contributed by atoms with Crippen molar-refractivity contribution in [3.63, 3.8) is 0 Å². The molecule has 2 amide bonds. The zero-order valence-electron chi connectivity index (χ0n) is 16.0. The number of nitrogen functional groups attached to an aromatic ring is 1. The molecule has 1 atom stereocenters. The van der Waals surface area contributed by atoms with Gasteiger partial charge in [0.25, 0.3) is 0 Å². The number of fused-ring (bicyclic) bond motifs is 1. The molecule has 1 aromatic carbocycles. The summed E-state index contributed by atoms with van der Waals surface area (Å²) in [5.74, 6) is 0.886. The first kappa shape index (κ1) is 20.0. The van der Waals surface area contributed by atoms with Crippen LogP contribution in [0.1, 0.15) is 6.92 Å². The molecule has 3 heterocycles. The zero-order chi connectivity index (χ0) is 21.3. The fraction of sp³-hybridized carbons (Fsp3) is 0.333. The summed E-state index contributed by atoms with van der Waals surface area (Å²) in [5.41, 5.74) is 8.73. The van der Waals surface area contributed by atoms with Crippen molar-refractivity contribution >= 4 is 45.2 Å². The second kappa shape index (κ2) is 8.22. The molecule has 0 saturated carbocycles. The molecule has 0 spiro atoms. The third-order valence-corrected chi connectivity index (χ3v) is 5.43. The lowest BCUT2D eigenvalue weighted by molar-refractivity contribution is -0.0498. The summed E-state index contributed by atoms with van der Waals surface area (Å²) in [7, 11) is 0. The molecule has 1 aliphatic rings. The summed E-state index contributed by atoms with van der Waals surface area (Å²) in [4.78, 5) is 30.0. The number of carbonyl (C=O) groups is 1. The van der Waals surface area contributed by atoms with Crippen LogP contribution in [-0.2, 0) is 0 Å². The summed E-state index contributed by atoms with van der Waals surface area (Å²) in [6.45, 7) is 0.594. The van der Waals surface area contributed by atoms with Crippen molar-refractivity contribution in [2.45, 2.75) is 19.6 Å². The van der Waals surface area contributed by atoms with E-state index in [-0.39, 0.29) is 23.8 Å². The van der Waals surface area contributed by atoms with E-state index in [1.54, 1.807) is 10.4 Å². The summed E-state index contributed by atoms with van der Waals surface area (Å²) < 4.78 is 28.8. The standard InChI is InChI=1S/C18H19F2N7O2S/c1-10-8-26(18(28)23-11-2-4-12(5-3-11)29-16(19)20)6-7-27(10)14-13-15(30-9-22-13)25-17(21)24-14/h2-5,9-10,16H,6-8H2,1H3,(H,23,28)(H2,21,24,25)/t10-/m0/s1. The number of thiazole rings is 1. The van der Waals surface area contributed by atoms with Crippen molar-refractivity contribution in [3.05, 3.63) is 29.8 Å². The van der Waals surface area contributed by atoms with Gasteiger partial charge >= 0.3 is 12.6 Å². The Morgan fingerprint density at radius 3 is 2.77 bits per heavy atom. The fourth-order valence-corrected chi connectivity index (χ4v) is 4.00. The van der Waals surface area contributed by atoms with E-state index < -0.39 is 6.61 Å². The molecule has 0 aliphatic carbocycles. The quantitative estimate of drug-likeness (QED) is 0.648. The van der Waals surface area contributed by atoms with E-state index in [4.69, 9.17) is 5.73 Å². The maximum Gasteiger partial charge on any atom is 0.387 e. The number of carbonyl (C=O) groups excluding carboxylic acids is 1. The van der Waals surface area contributed by atoms with E-state index in [9.17, 15) is 13.6 Å². The van der Waals surface area contributed by atoms with Crippen LogP contribution >= 0.6 is 11.3 Å². The van der Waals surface area contributed by atoms with Crippen LogP contribution < -0.4 is 20.7 Å². The molecule has 1 aliphatic heterocycles. The molecule has 12 heteroatoms. The van der Waals surface area contributed by atoms with Crippen LogP contribution in [0.15, 0.2) is 29.8 Å². The number of alkyl halides is 2. The van der Waals surface area contributed by atoms with E-state index in [0.717, 1.165) is 4.83 Å². The maximum absolute atomic E-state index is 12.6. The van der Waals surface area contributed by atoms with E-state index >= 15 is 0 Å². The van der Waals surface area contributed by atoms with Crippen LogP contribution in [0.4, 0.5) is 31.0 Å². The highest BCUT2D eigenvalue weighted by Gasteiger charge is 2.29. The van der Waals surface area contributed by atoms with Gasteiger partial charge in [-0.3, -0.25) is 0 Å². The molecule has 158 valence electrons. The van der Waals surface area contributed by atoms with Crippen molar-refractivity contribution < 1.29 is 18.3 Å². The molecule has 3 aromatic rings. The molecule has 0 bridgehead atoms. The predicted molar refractivity (Wildman–Crippen MR) is 110 cm³/mol. The van der Waals surface area contributed by atoms with Crippen molar-refractivity contribution in [3.8, 4) is 5.75 Å². The summed E-state index contributed by atoms with van der Waals surface area (Å²) in [5, 5.41) is 2.77. The second-order valence-electron chi connectivity index (χ2n) is 6.73. The van der Waals surface area contributed by atoms with E-state index in [0.29, 0.717) is 36.7 Å². The van der Waals surface area contributed by atoms with Gasteiger partial charge in [-0.15, -0.1) is 11.3 Å². The topological polar surface area (TPSA) is 110 Å². The Kier molecular flexibility index (Phi) is 5.48. The Morgan fingerprint density at radius 1 is 1.30 bits per heavy atom. The molecular formula is C18H19F2N7O2S. The number of hydrogen-bond acceptors (Lipinski definition) is 8. The number of anilines is 3. The average molecular weight is 435 g/mol. The van der Waals surface area contributed by atoms with Gasteiger partial charge in [-0.2, -0.15) is 13.8 Å². The molecule has 9 nitrogen and oxygen atoms in total. The summed E-state index contributed by atoms with van der Waals surface area (Å²) in [6.07, 6.45) is 0. The first-order valence-electron chi connectivity index (χ1n) is 9.15. The number of ether oxygens (including phenoxy) is 1. The first-order valence-corrected chi connectivity index (χ1v) is 10.0. The highest BCUT2D eigenvalue weighted by atomic mass is 32.1. The fourth-order valence-electron chi connectivity index (χ4n) is 3.34. The molecule has 1 fully saturated rings. The number of rotatable bonds is 4. The largest absolute Gasteiger partial charge is 0.435 e. The normalized spacial score (nSPS) is 16.9. The number of aromatic nitrogens is 3. The number of hydrogen-bond donors (Lipinski definition) is 2. The number of benzene rings is 1. The Labute approximate surface area is 174 Å². The highest BCUT2D eigenvalue weighted by molar-refractivity contribution is 7.16. The summed E-state index contributed by atoms with van der Waals surface area (Å²) in [6, 6.07) is 5.48. The number of nitrogens with zero attached hydrogens (tertiary/aromatic N) is 5. The van der Waals surface area contributed by atoms with Gasteiger partial charge in [0.2, 0.25) is 5.95 Å². The lowest BCUT2D eigenvalue weighted by Gasteiger charge is -2.40. The van der Waals surface area contributed by atoms with Crippen molar-refractivity contribution in [1.29, 1.82) is 0 Å². The molecule has 3 N–H and O–H groups in total. The lowest BCUT2D eigenvalue weighted by atomic mass is 10.2. The number of nitrogens with two attached hydrogens (primary N) is 1. The number of amides is 2. The van der Waals surface area contributed by atoms with Crippen LogP contribution in [0.5, 0.6) is 5.75 Å². The van der Waals surface area contributed by atoms with E-state index in [1.807, 2.05) is 6.92 Å². The Morgan fingerprint density at radius 2 is 2.07 bits per heavy atom. The highest BCUT2D eigenvalue weighted by Crippen LogP contribution is 2.29. The smallest absolute Gasteiger partial charge is 0.387 e. The molecule has 0 radical (unpaired) electrons. The third-order valence-electron chi connectivity index (χ3n) is 4.71. The van der Waals surface area contributed by atoms with Crippen molar-refractivity contribution in [2.75, 3.05) is 35.6 Å². The monoisotopic (exact) mass is 435 g/mol. The van der Waals surface area contributed by atoms with E-state index in [1.165, 1.54) is 35.6 Å². The molecule has 2 aromatic heterocycles. The number of halogens is 2. The average Bonchev–Trinajstić information content (AvgIpc) is 3.17. The third kappa shape index (κ3) is 4.17. The zero-order valence-corrected chi connectivity index (χ0v) is 16.8. The number of urea groups is 1. The van der Waals surface area contributed by atoms with Crippen molar-refractivity contribution in [2.24, 2.45) is 0 Å². The minimum atomic E-state index is -2.89. The van der Waals surface area contributed by atoms with Gasteiger partial charge in [-0.05, 0) is 31.2 Å². The maximum atomic E-state index is 12.6. The van der Waals surface area contributed by atoms with Crippen LogP contribution in [0.3, 0.4) is 0 Å². The van der Waals surface area contributed by atoms with Crippen LogP contribution in [0, 0.1) is 0 Å². The Balaban J connectivity index is 1.41. The van der Waals surface area contributed by atoms with Gasteiger partial charge in [-0.25, -0.2) is 14.8 Å². The van der Waals surface area contributed by atoms with Gasteiger partial charge in [0.15, 0.2) is 10.6 Å². The molecule has 30 heavy (non-hydrogen) atoms. The predicted octanol–water partition coefficient (Wildman–Crippen LogP) is 3.01. The van der Waals surface area contributed by atoms with Crippen LogP contribution in [0.2, 0.25) is 0 Å². The minimum absolute atomic E-state index is 0.0227. The summed E-state index contributed by atoms with van der Waals surface area (Å²) >= 11 is 1.40. The molecule has 0 unspecified atom stereocenters. The molecule has 4 rings (SSSR count). The Hall–Kier alpha value is -3.28. The SMILES string of the molecule is C[C@H]1CN(C(=O)Nc2ccc(OC(F)F)cc2)CCN1c1nc(N)nc2scnc12. The first-order chi connectivity index (χ1) is 14.4. The van der Waals surface area contributed by atoms with Crippen molar-refractivity contribution in [1.82, 2.24) is 19.9 Å². The van der Waals surface area contributed by atoms with Gasteiger partial charge in [-0.1, -0.05) is 0 Å². The van der Waals surface area contributed by atoms with E-state index in [2.05, 4.69) is 29.9 Å². The van der Waals surface area contributed by atoms with Gasteiger partial charge < -0.3 is 25.6 Å². The molecular weight excluding hydrogens is 416 g/mol. The van der Waals surface area contributed by atoms with Crippen LogP contribution in [0.25, 0.3) is 10.3 Å². The Bertz CT molecular complexity index is 1050. The molecule has 1 saturated heterocycles. The van der Waals surface area contributed by atoms with Gasteiger partial charge in [0.1, 0.15) is 11.3 Å². The second-order valence-corrected chi connectivity index (χ2v) is 7.57. The van der Waals surface area contributed by atoms with Crippen LogP contribution in [-0.4, -0.2) is 58.2 Å². The minimum Gasteiger partial charge on any atom is -0.435 e.